The summed E-state index contributed by atoms with van der Waals surface area (Å²) in [7, 11) is 3.16. The van der Waals surface area contributed by atoms with Crippen molar-refractivity contribution >= 4 is 0 Å². The number of nitrogens with zero attached hydrogens (tertiary/aromatic N) is 4. The van der Waals surface area contributed by atoms with E-state index < -0.39 is 0 Å². The molecule has 0 saturated heterocycles. The molecule has 0 bridgehead atoms. The Labute approximate surface area is 177 Å². The van der Waals surface area contributed by atoms with Crippen LogP contribution >= 0.6 is 0 Å². The first-order valence-electron chi connectivity index (χ1n) is 9.65. The van der Waals surface area contributed by atoms with Gasteiger partial charge in [-0.15, -0.1) is 0 Å². The zero-order valence-corrected chi connectivity index (χ0v) is 16.9. The van der Waals surface area contributed by atoms with E-state index in [4.69, 9.17) is 18.7 Å². The molecule has 1 atom stereocenters. The van der Waals surface area contributed by atoms with Crippen molar-refractivity contribution in [2.75, 3.05) is 14.2 Å². The third kappa shape index (κ3) is 3.64. The lowest BCUT2D eigenvalue weighted by Crippen LogP contribution is -2.21. The molecule has 31 heavy (non-hydrogen) atoms. The summed E-state index contributed by atoms with van der Waals surface area (Å²) in [5.74, 6) is 1.66. The standard InChI is InChI=1S/C22H19FN4O4/c1-28-16-7-8-17(19(10-16)29-2)21-24-22(31-26-21)18-9-15-12-30-20(11-27(15)25-18)13-3-5-14(23)6-4-13/h3-10,20H,11-12H2,1-2H3. The summed E-state index contributed by atoms with van der Waals surface area (Å²) in [6.45, 7) is 0.886. The maximum atomic E-state index is 13.2. The van der Waals surface area contributed by atoms with Crippen molar-refractivity contribution in [3.63, 3.8) is 0 Å². The van der Waals surface area contributed by atoms with Crippen LogP contribution in [0.5, 0.6) is 11.5 Å². The van der Waals surface area contributed by atoms with E-state index in [1.54, 1.807) is 38.5 Å². The minimum atomic E-state index is -0.276. The van der Waals surface area contributed by atoms with Gasteiger partial charge in [-0.05, 0) is 35.9 Å². The van der Waals surface area contributed by atoms with Crippen molar-refractivity contribution in [1.29, 1.82) is 0 Å². The molecule has 0 amide bonds. The maximum Gasteiger partial charge on any atom is 0.278 e. The predicted octanol–water partition coefficient (Wildman–Crippen LogP) is 4.03. The molecular weight excluding hydrogens is 403 g/mol. The van der Waals surface area contributed by atoms with Gasteiger partial charge in [-0.2, -0.15) is 10.1 Å². The quantitative estimate of drug-likeness (QED) is 0.480. The summed E-state index contributed by atoms with van der Waals surface area (Å²) < 4.78 is 37.1. The monoisotopic (exact) mass is 422 g/mol. The Balaban J connectivity index is 1.40. The number of hydrogen-bond acceptors (Lipinski definition) is 7. The molecule has 2 aromatic heterocycles. The van der Waals surface area contributed by atoms with Crippen molar-refractivity contribution in [1.82, 2.24) is 19.9 Å². The van der Waals surface area contributed by atoms with Crippen LogP contribution in [0.1, 0.15) is 17.4 Å². The first-order chi connectivity index (χ1) is 15.1. The van der Waals surface area contributed by atoms with Gasteiger partial charge in [0.25, 0.3) is 5.89 Å². The smallest absolute Gasteiger partial charge is 0.278 e. The highest BCUT2D eigenvalue weighted by atomic mass is 19.1. The van der Waals surface area contributed by atoms with Crippen LogP contribution in [0.15, 0.2) is 53.1 Å². The number of rotatable bonds is 5. The molecule has 0 radical (unpaired) electrons. The molecule has 9 heteroatoms. The lowest BCUT2D eigenvalue weighted by Gasteiger charge is -2.24. The molecule has 1 aliphatic heterocycles. The molecule has 0 saturated carbocycles. The van der Waals surface area contributed by atoms with E-state index in [1.165, 1.54) is 12.1 Å². The van der Waals surface area contributed by atoms with Gasteiger partial charge in [0.15, 0.2) is 5.69 Å². The number of aromatic nitrogens is 4. The molecule has 3 heterocycles. The first-order valence-corrected chi connectivity index (χ1v) is 9.65. The second-order valence-corrected chi connectivity index (χ2v) is 7.04. The van der Waals surface area contributed by atoms with Crippen molar-refractivity contribution < 1.29 is 23.1 Å². The van der Waals surface area contributed by atoms with E-state index >= 15 is 0 Å². The molecule has 1 unspecified atom stereocenters. The number of fused-ring (bicyclic) bond motifs is 1. The summed E-state index contributed by atoms with van der Waals surface area (Å²) in [5, 5.41) is 8.69. The van der Waals surface area contributed by atoms with Gasteiger partial charge in [0.1, 0.15) is 23.4 Å². The van der Waals surface area contributed by atoms with Gasteiger partial charge in [0.05, 0.1) is 38.6 Å². The Morgan fingerprint density at radius 3 is 2.68 bits per heavy atom. The van der Waals surface area contributed by atoms with Crippen molar-refractivity contribution in [2.24, 2.45) is 0 Å². The van der Waals surface area contributed by atoms with Gasteiger partial charge in [0, 0.05) is 6.07 Å². The summed E-state index contributed by atoms with van der Waals surface area (Å²) in [4.78, 5) is 4.49. The Bertz CT molecular complexity index is 1220. The maximum absolute atomic E-state index is 13.2. The number of methoxy groups -OCH3 is 2. The number of ether oxygens (including phenoxy) is 3. The summed E-state index contributed by atoms with van der Waals surface area (Å²) in [6, 6.07) is 13.5. The molecule has 2 aromatic carbocycles. The fourth-order valence-corrected chi connectivity index (χ4v) is 3.53. The molecule has 8 nitrogen and oxygen atoms in total. The third-order valence-electron chi connectivity index (χ3n) is 5.17. The van der Waals surface area contributed by atoms with Crippen LogP contribution in [0, 0.1) is 5.82 Å². The zero-order chi connectivity index (χ0) is 21.4. The minimum Gasteiger partial charge on any atom is -0.497 e. The van der Waals surface area contributed by atoms with E-state index in [0.717, 1.165) is 11.3 Å². The fourth-order valence-electron chi connectivity index (χ4n) is 3.53. The first kappa shape index (κ1) is 19.3. The molecule has 0 N–H and O–H groups in total. The van der Waals surface area contributed by atoms with E-state index in [1.807, 2.05) is 16.8 Å². The summed E-state index contributed by atoms with van der Waals surface area (Å²) >= 11 is 0. The number of benzene rings is 2. The average Bonchev–Trinajstić information content (AvgIpc) is 3.45. The number of halogens is 1. The van der Waals surface area contributed by atoms with E-state index in [2.05, 4.69) is 15.2 Å². The van der Waals surface area contributed by atoms with Crippen molar-refractivity contribution in [3.8, 4) is 34.5 Å². The Morgan fingerprint density at radius 2 is 1.90 bits per heavy atom. The number of hydrogen-bond donors (Lipinski definition) is 0. The van der Waals surface area contributed by atoms with Gasteiger partial charge in [0.2, 0.25) is 5.82 Å². The molecule has 0 fully saturated rings. The predicted molar refractivity (Wildman–Crippen MR) is 108 cm³/mol. The highest BCUT2D eigenvalue weighted by Gasteiger charge is 2.25. The normalized spacial score (nSPS) is 15.5. The molecule has 4 aromatic rings. The van der Waals surface area contributed by atoms with Gasteiger partial charge in [-0.25, -0.2) is 4.39 Å². The minimum absolute atomic E-state index is 0.206. The molecule has 158 valence electrons. The fraction of sp³-hybridized carbons (Fsp3) is 0.227. The molecule has 1 aliphatic rings. The second kappa shape index (κ2) is 7.84. The van der Waals surface area contributed by atoms with Crippen LogP contribution in [-0.2, 0) is 17.9 Å². The lowest BCUT2D eigenvalue weighted by molar-refractivity contribution is -0.00116. The Kier molecular flexibility index (Phi) is 4.87. The highest BCUT2D eigenvalue weighted by molar-refractivity contribution is 5.66. The Hall–Kier alpha value is -3.72. The van der Waals surface area contributed by atoms with Gasteiger partial charge < -0.3 is 18.7 Å². The second-order valence-electron chi connectivity index (χ2n) is 7.04. The van der Waals surface area contributed by atoms with Crippen LogP contribution in [0.3, 0.4) is 0 Å². The van der Waals surface area contributed by atoms with Crippen LogP contribution in [0.4, 0.5) is 4.39 Å². The topological polar surface area (TPSA) is 84.4 Å². The summed E-state index contributed by atoms with van der Waals surface area (Å²) in [6.07, 6.45) is -0.206. The highest BCUT2D eigenvalue weighted by Crippen LogP contribution is 2.33. The van der Waals surface area contributed by atoms with Crippen molar-refractivity contribution in [3.05, 3.63) is 65.6 Å². The lowest BCUT2D eigenvalue weighted by atomic mass is 10.1. The van der Waals surface area contributed by atoms with Crippen LogP contribution in [0.2, 0.25) is 0 Å². The third-order valence-corrected chi connectivity index (χ3v) is 5.17. The van der Waals surface area contributed by atoms with Gasteiger partial charge >= 0.3 is 0 Å². The average molecular weight is 422 g/mol. The Morgan fingerprint density at radius 1 is 1.06 bits per heavy atom. The van der Waals surface area contributed by atoms with Gasteiger partial charge in [-0.3, -0.25) is 4.68 Å². The van der Waals surface area contributed by atoms with Crippen LogP contribution in [0.25, 0.3) is 23.0 Å². The molecule has 0 spiro atoms. The van der Waals surface area contributed by atoms with Crippen molar-refractivity contribution in [2.45, 2.75) is 19.3 Å². The SMILES string of the molecule is COc1ccc(-c2noc(-c3cc4n(n3)CC(c3ccc(F)cc3)OC4)n2)c(OC)c1. The molecule has 5 rings (SSSR count). The van der Waals surface area contributed by atoms with Gasteiger partial charge in [-0.1, -0.05) is 17.3 Å². The van der Waals surface area contributed by atoms with Crippen LogP contribution in [-0.4, -0.2) is 34.1 Å². The molecular formula is C22H19FN4O4. The zero-order valence-electron chi connectivity index (χ0n) is 16.9. The largest absolute Gasteiger partial charge is 0.497 e. The molecule has 0 aliphatic carbocycles. The van der Waals surface area contributed by atoms with E-state index in [9.17, 15) is 4.39 Å². The van der Waals surface area contributed by atoms with E-state index in [0.29, 0.717) is 47.6 Å². The van der Waals surface area contributed by atoms with E-state index in [-0.39, 0.29) is 11.9 Å². The van der Waals surface area contributed by atoms with Crippen LogP contribution < -0.4 is 9.47 Å². The summed E-state index contributed by atoms with van der Waals surface area (Å²) in [5.41, 5.74) is 3.04.